The van der Waals surface area contributed by atoms with E-state index < -0.39 is 5.72 Å². The predicted molar refractivity (Wildman–Crippen MR) is 40.9 cm³/mol. The first-order valence-corrected chi connectivity index (χ1v) is 4.19. The van der Waals surface area contributed by atoms with Crippen LogP contribution in [0.25, 0.3) is 0 Å². The molecular weight excluding hydrogens is 142 g/mol. The Balaban J connectivity index is 2.23. The maximum absolute atomic E-state index is 6.05. The minimum atomic E-state index is -0.487. The van der Waals surface area contributed by atoms with Crippen LogP contribution in [0.2, 0.25) is 0 Å². The molecule has 11 heavy (non-hydrogen) atoms. The third-order valence-corrected chi connectivity index (χ3v) is 2.85. The first kappa shape index (κ1) is 7.53. The van der Waals surface area contributed by atoms with Crippen molar-refractivity contribution < 1.29 is 9.47 Å². The summed E-state index contributed by atoms with van der Waals surface area (Å²) in [7, 11) is 0. The van der Waals surface area contributed by atoms with E-state index in [2.05, 4.69) is 13.8 Å². The molecule has 2 heterocycles. The molecule has 0 radical (unpaired) electrons. The fourth-order valence-corrected chi connectivity index (χ4v) is 1.99. The van der Waals surface area contributed by atoms with Crippen molar-refractivity contribution in [2.75, 3.05) is 13.2 Å². The van der Waals surface area contributed by atoms with E-state index in [1.807, 2.05) is 0 Å². The minimum absolute atomic E-state index is 0.123. The monoisotopic (exact) mass is 157 g/mol. The SMILES string of the molecule is C[C@@H]1CO[C@]2(N)[C@H](C)CO[C@H]12. The van der Waals surface area contributed by atoms with Gasteiger partial charge in [-0.05, 0) is 0 Å². The van der Waals surface area contributed by atoms with Gasteiger partial charge in [0.25, 0.3) is 0 Å². The summed E-state index contributed by atoms with van der Waals surface area (Å²) in [6.07, 6.45) is 0.123. The first-order chi connectivity index (χ1) is 5.14. The summed E-state index contributed by atoms with van der Waals surface area (Å²) >= 11 is 0. The van der Waals surface area contributed by atoms with Crippen LogP contribution in [-0.4, -0.2) is 25.0 Å². The van der Waals surface area contributed by atoms with E-state index in [9.17, 15) is 0 Å². The zero-order valence-electron chi connectivity index (χ0n) is 7.04. The van der Waals surface area contributed by atoms with Gasteiger partial charge in [0.2, 0.25) is 0 Å². The second kappa shape index (κ2) is 2.19. The van der Waals surface area contributed by atoms with Crippen LogP contribution >= 0.6 is 0 Å². The fourth-order valence-electron chi connectivity index (χ4n) is 1.99. The number of hydrogen-bond acceptors (Lipinski definition) is 3. The van der Waals surface area contributed by atoms with Crippen LogP contribution < -0.4 is 5.73 Å². The van der Waals surface area contributed by atoms with Crippen LogP contribution in [0.15, 0.2) is 0 Å². The second-order valence-electron chi connectivity index (χ2n) is 3.80. The third kappa shape index (κ3) is 0.849. The summed E-state index contributed by atoms with van der Waals surface area (Å²) in [6.45, 7) is 5.69. The molecular formula is C8H15NO2. The molecule has 0 amide bonds. The number of ether oxygens (including phenoxy) is 2. The van der Waals surface area contributed by atoms with Crippen molar-refractivity contribution in [3.63, 3.8) is 0 Å². The summed E-state index contributed by atoms with van der Waals surface area (Å²) in [6, 6.07) is 0. The highest BCUT2D eigenvalue weighted by Gasteiger charge is 2.54. The van der Waals surface area contributed by atoms with Crippen molar-refractivity contribution >= 4 is 0 Å². The minimum Gasteiger partial charge on any atom is -0.373 e. The first-order valence-electron chi connectivity index (χ1n) is 4.19. The lowest BCUT2D eigenvalue weighted by molar-refractivity contribution is -0.0349. The number of fused-ring (bicyclic) bond motifs is 1. The van der Waals surface area contributed by atoms with E-state index in [0.717, 1.165) is 13.2 Å². The Hall–Kier alpha value is -0.120. The van der Waals surface area contributed by atoms with Crippen molar-refractivity contribution in [1.29, 1.82) is 0 Å². The third-order valence-electron chi connectivity index (χ3n) is 2.85. The van der Waals surface area contributed by atoms with Crippen molar-refractivity contribution in [3.8, 4) is 0 Å². The van der Waals surface area contributed by atoms with Gasteiger partial charge in [0.05, 0.1) is 13.2 Å². The number of nitrogens with two attached hydrogens (primary N) is 1. The second-order valence-corrected chi connectivity index (χ2v) is 3.80. The van der Waals surface area contributed by atoms with E-state index in [0.29, 0.717) is 11.8 Å². The molecule has 3 nitrogen and oxygen atoms in total. The van der Waals surface area contributed by atoms with Crippen LogP contribution in [0.5, 0.6) is 0 Å². The van der Waals surface area contributed by atoms with Gasteiger partial charge in [-0.2, -0.15) is 0 Å². The molecule has 2 aliphatic rings. The van der Waals surface area contributed by atoms with Crippen LogP contribution in [0, 0.1) is 11.8 Å². The van der Waals surface area contributed by atoms with Gasteiger partial charge in [-0.15, -0.1) is 0 Å². The Morgan fingerprint density at radius 3 is 2.73 bits per heavy atom. The smallest absolute Gasteiger partial charge is 0.148 e. The van der Waals surface area contributed by atoms with Gasteiger partial charge >= 0.3 is 0 Å². The van der Waals surface area contributed by atoms with E-state index >= 15 is 0 Å². The van der Waals surface area contributed by atoms with Crippen molar-refractivity contribution in [2.45, 2.75) is 25.7 Å². The van der Waals surface area contributed by atoms with Gasteiger partial charge < -0.3 is 15.2 Å². The molecule has 2 saturated heterocycles. The summed E-state index contributed by atoms with van der Waals surface area (Å²) in [5.74, 6) is 0.780. The highest BCUT2D eigenvalue weighted by Crippen LogP contribution is 2.39. The molecule has 0 saturated carbocycles. The Kier molecular flexibility index (Phi) is 1.50. The van der Waals surface area contributed by atoms with Gasteiger partial charge in [-0.25, -0.2) is 0 Å². The molecule has 64 valence electrons. The van der Waals surface area contributed by atoms with E-state index in [1.165, 1.54) is 0 Å². The fraction of sp³-hybridized carbons (Fsp3) is 1.00. The van der Waals surface area contributed by atoms with Crippen LogP contribution in [-0.2, 0) is 9.47 Å². The van der Waals surface area contributed by atoms with Gasteiger partial charge in [-0.1, -0.05) is 13.8 Å². The Labute approximate surface area is 66.8 Å². The van der Waals surface area contributed by atoms with E-state index in [-0.39, 0.29) is 6.10 Å². The topological polar surface area (TPSA) is 44.5 Å². The van der Waals surface area contributed by atoms with Crippen LogP contribution in [0.3, 0.4) is 0 Å². The summed E-state index contributed by atoms with van der Waals surface area (Å²) in [5.41, 5.74) is 5.56. The van der Waals surface area contributed by atoms with Crippen molar-refractivity contribution in [3.05, 3.63) is 0 Å². The summed E-state index contributed by atoms with van der Waals surface area (Å²) < 4.78 is 11.1. The molecule has 0 bridgehead atoms. The zero-order chi connectivity index (χ0) is 8.06. The Bertz CT molecular complexity index is 173. The summed E-state index contributed by atoms with van der Waals surface area (Å²) in [4.78, 5) is 0. The van der Waals surface area contributed by atoms with Gasteiger partial charge in [-0.3, -0.25) is 0 Å². The highest BCUT2D eigenvalue weighted by atomic mass is 16.6. The molecule has 0 aromatic heterocycles. The molecule has 3 heteroatoms. The molecule has 0 aromatic carbocycles. The molecule has 0 unspecified atom stereocenters. The maximum atomic E-state index is 6.05. The van der Waals surface area contributed by atoms with Crippen LogP contribution in [0.4, 0.5) is 0 Å². The lowest BCUT2D eigenvalue weighted by Crippen LogP contribution is -2.50. The quantitative estimate of drug-likeness (QED) is 0.551. The zero-order valence-corrected chi connectivity index (χ0v) is 7.04. The molecule has 0 aromatic rings. The predicted octanol–water partition coefficient (Wildman–Crippen LogP) is 0.343. The largest absolute Gasteiger partial charge is 0.373 e. The molecule has 0 aliphatic carbocycles. The molecule has 2 N–H and O–H groups in total. The van der Waals surface area contributed by atoms with Crippen molar-refractivity contribution in [1.82, 2.24) is 0 Å². The normalized spacial score (nSPS) is 56.5. The molecule has 2 rings (SSSR count). The standard InChI is InChI=1S/C8H15NO2/c1-5-3-11-8(9)6(2)4-10-7(5)8/h5-7H,3-4,9H2,1-2H3/t5-,6-,7-,8-/m1/s1. The maximum Gasteiger partial charge on any atom is 0.148 e. The van der Waals surface area contributed by atoms with Crippen LogP contribution in [0.1, 0.15) is 13.8 Å². The number of hydrogen-bond donors (Lipinski definition) is 1. The average Bonchev–Trinajstić information content (AvgIpc) is 2.39. The summed E-state index contributed by atoms with van der Waals surface area (Å²) in [5, 5.41) is 0. The van der Waals surface area contributed by atoms with Gasteiger partial charge in [0.1, 0.15) is 11.8 Å². The highest BCUT2D eigenvalue weighted by molar-refractivity contribution is 5.00. The lowest BCUT2D eigenvalue weighted by Gasteiger charge is -2.25. The lowest BCUT2D eigenvalue weighted by atomic mass is 9.93. The Morgan fingerprint density at radius 2 is 2.09 bits per heavy atom. The molecule has 0 spiro atoms. The average molecular weight is 157 g/mol. The van der Waals surface area contributed by atoms with Crippen molar-refractivity contribution in [2.24, 2.45) is 17.6 Å². The number of rotatable bonds is 0. The van der Waals surface area contributed by atoms with E-state index in [4.69, 9.17) is 15.2 Å². The molecule has 2 aliphatic heterocycles. The molecule has 2 fully saturated rings. The van der Waals surface area contributed by atoms with Gasteiger partial charge in [0, 0.05) is 11.8 Å². The Morgan fingerprint density at radius 1 is 1.36 bits per heavy atom. The van der Waals surface area contributed by atoms with Gasteiger partial charge in [0.15, 0.2) is 0 Å². The van der Waals surface area contributed by atoms with E-state index in [1.54, 1.807) is 0 Å². The molecule has 4 atom stereocenters.